The Morgan fingerprint density at radius 3 is 2.62 bits per heavy atom. The maximum absolute atomic E-state index is 14.2. The number of carbonyl (C=O) groups is 1. The number of aromatic nitrogens is 2. The molecule has 3 heterocycles. The van der Waals surface area contributed by atoms with Crippen LogP contribution in [0.4, 0.5) is 4.39 Å². The molecule has 0 saturated heterocycles. The van der Waals surface area contributed by atoms with Crippen LogP contribution in [0.1, 0.15) is 51.7 Å². The lowest BCUT2D eigenvalue weighted by Crippen LogP contribution is -2.03. The molecule has 37 heavy (non-hydrogen) atoms. The third-order valence-electron chi connectivity index (χ3n) is 6.47. The number of aromatic carboxylic acids is 1. The summed E-state index contributed by atoms with van der Waals surface area (Å²) in [5, 5.41) is 14.4. The molecular formula is C27H19Cl2FN2O5. The number of hydrogen-bond donors (Lipinski definition) is 1. The molecule has 1 saturated carbocycles. The number of ether oxygens (including phenoxy) is 2. The van der Waals surface area contributed by atoms with E-state index in [4.69, 9.17) is 37.2 Å². The zero-order chi connectivity index (χ0) is 25.7. The van der Waals surface area contributed by atoms with Gasteiger partial charge in [0.25, 0.3) is 0 Å². The van der Waals surface area contributed by atoms with E-state index >= 15 is 0 Å². The van der Waals surface area contributed by atoms with Crippen LogP contribution >= 0.6 is 23.2 Å². The number of pyridine rings is 1. The van der Waals surface area contributed by atoms with E-state index in [2.05, 4.69) is 10.1 Å². The number of hydrogen-bond acceptors (Lipinski definition) is 6. The van der Waals surface area contributed by atoms with Crippen molar-refractivity contribution in [2.75, 3.05) is 0 Å². The van der Waals surface area contributed by atoms with Crippen LogP contribution in [0.15, 0.2) is 47.0 Å². The van der Waals surface area contributed by atoms with Crippen LogP contribution in [0.25, 0.3) is 11.3 Å². The summed E-state index contributed by atoms with van der Waals surface area (Å²) in [6.45, 7) is 0.145. The van der Waals surface area contributed by atoms with Crippen molar-refractivity contribution < 1.29 is 28.3 Å². The first-order chi connectivity index (χ1) is 17.9. The first kappa shape index (κ1) is 23.8. The summed E-state index contributed by atoms with van der Waals surface area (Å²) >= 11 is 12.9. The minimum Gasteiger partial charge on any atom is -0.478 e. The second kappa shape index (κ2) is 9.36. The van der Waals surface area contributed by atoms with Gasteiger partial charge in [-0.15, -0.1) is 0 Å². The number of carboxylic acids is 1. The summed E-state index contributed by atoms with van der Waals surface area (Å²) in [4.78, 5) is 15.9. The van der Waals surface area contributed by atoms with Gasteiger partial charge in [0.15, 0.2) is 0 Å². The molecule has 0 amide bonds. The van der Waals surface area contributed by atoms with Crippen molar-refractivity contribution in [3.8, 4) is 28.6 Å². The molecule has 0 unspecified atom stereocenters. The highest BCUT2D eigenvalue weighted by molar-refractivity contribution is 6.39. The van der Waals surface area contributed by atoms with Crippen LogP contribution in [0.2, 0.25) is 10.0 Å². The Labute approximate surface area is 220 Å². The Kier molecular flexibility index (Phi) is 6.01. The number of nitrogens with zero attached hydrogens (tertiary/aromatic N) is 2. The fourth-order valence-electron chi connectivity index (χ4n) is 4.44. The molecule has 4 aromatic rings. The van der Waals surface area contributed by atoms with Crippen molar-refractivity contribution in [3.05, 3.63) is 86.5 Å². The van der Waals surface area contributed by atoms with Gasteiger partial charge in [-0.25, -0.2) is 14.2 Å². The lowest BCUT2D eigenvalue weighted by molar-refractivity contribution is 0.0691. The van der Waals surface area contributed by atoms with Crippen molar-refractivity contribution >= 4 is 29.2 Å². The number of fused-ring (bicyclic) bond motifs is 2. The van der Waals surface area contributed by atoms with E-state index in [1.54, 1.807) is 30.3 Å². The lowest BCUT2D eigenvalue weighted by Gasteiger charge is -2.12. The van der Waals surface area contributed by atoms with Crippen LogP contribution < -0.4 is 9.47 Å². The molecule has 7 nitrogen and oxygen atoms in total. The summed E-state index contributed by atoms with van der Waals surface area (Å²) in [6.07, 6.45) is 2.92. The molecule has 1 N–H and O–H groups in total. The Bertz CT molecular complexity index is 1530. The van der Waals surface area contributed by atoms with E-state index in [1.807, 2.05) is 0 Å². The Balaban J connectivity index is 1.27. The molecule has 0 bridgehead atoms. The number of aryl methyl sites for hydroxylation is 2. The largest absolute Gasteiger partial charge is 0.478 e. The number of carboxylic acid groups (broad SMARTS) is 1. The summed E-state index contributed by atoms with van der Waals surface area (Å²) in [5.41, 5.74) is 2.66. The fraction of sp³-hybridized carbons (Fsp3) is 0.222. The number of rotatable bonds is 6. The second-order valence-corrected chi connectivity index (χ2v) is 9.79. The lowest BCUT2D eigenvalue weighted by atomic mass is 10.0. The van der Waals surface area contributed by atoms with Crippen molar-refractivity contribution in [1.29, 1.82) is 0 Å². The quantitative estimate of drug-likeness (QED) is 0.275. The van der Waals surface area contributed by atoms with Crippen LogP contribution in [0.3, 0.4) is 0 Å². The van der Waals surface area contributed by atoms with Crippen LogP contribution in [0, 0.1) is 5.82 Å². The molecule has 1 fully saturated rings. The Morgan fingerprint density at radius 1 is 1.11 bits per heavy atom. The Morgan fingerprint density at radius 2 is 1.89 bits per heavy atom. The van der Waals surface area contributed by atoms with E-state index in [1.165, 1.54) is 12.1 Å². The highest BCUT2D eigenvalue weighted by Gasteiger charge is 2.34. The summed E-state index contributed by atoms with van der Waals surface area (Å²) in [6, 6.07) is 11.0. The zero-order valence-corrected chi connectivity index (χ0v) is 20.8. The van der Waals surface area contributed by atoms with Crippen LogP contribution in [-0.4, -0.2) is 21.2 Å². The molecule has 1 aliphatic carbocycles. The van der Waals surface area contributed by atoms with Crippen molar-refractivity contribution in [3.63, 3.8) is 0 Å². The third kappa shape index (κ3) is 4.51. The zero-order valence-electron chi connectivity index (χ0n) is 19.3. The monoisotopic (exact) mass is 540 g/mol. The van der Waals surface area contributed by atoms with Crippen LogP contribution in [0.5, 0.6) is 17.4 Å². The van der Waals surface area contributed by atoms with E-state index in [0.29, 0.717) is 62.8 Å². The number of halogens is 3. The Hall–Kier alpha value is -3.62. The third-order valence-corrected chi connectivity index (χ3v) is 7.10. The standard InChI is InChI=1S/C27H19Cl2FN2O5/c28-17-2-1-3-18(29)24(17)25-16(26(37-32-25)13-4-5-13)12-35-23-9-8-21-20(31-23)7-6-14-10-19(30)15(27(33)34)11-22(14)36-21/h1-3,8-11,13H,4-7,12H2,(H,33,34). The topological polar surface area (TPSA) is 94.7 Å². The minimum absolute atomic E-state index is 0.145. The van der Waals surface area contributed by atoms with Gasteiger partial charge in [0.2, 0.25) is 5.88 Å². The molecular weight excluding hydrogens is 522 g/mol. The van der Waals surface area contributed by atoms with Crippen molar-refractivity contribution in [2.45, 2.75) is 38.2 Å². The smallest absolute Gasteiger partial charge is 0.338 e. The van der Waals surface area contributed by atoms with Gasteiger partial charge in [-0.05, 0) is 61.6 Å². The summed E-state index contributed by atoms with van der Waals surface area (Å²) < 4.78 is 31.9. The van der Waals surface area contributed by atoms with E-state index < -0.39 is 17.3 Å². The predicted octanol–water partition coefficient (Wildman–Crippen LogP) is 7.23. The van der Waals surface area contributed by atoms with Gasteiger partial charge in [-0.1, -0.05) is 34.4 Å². The van der Waals surface area contributed by atoms with Gasteiger partial charge in [-0.3, -0.25) is 0 Å². The molecule has 1 aliphatic heterocycles. The average molecular weight is 541 g/mol. The first-order valence-corrected chi connectivity index (χ1v) is 12.4. The van der Waals surface area contributed by atoms with Crippen molar-refractivity contribution in [1.82, 2.24) is 10.1 Å². The average Bonchev–Trinajstić information content (AvgIpc) is 3.65. The molecule has 2 aromatic carbocycles. The fourth-order valence-corrected chi connectivity index (χ4v) is 5.01. The predicted molar refractivity (Wildman–Crippen MR) is 133 cm³/mol. The van der Waals surface area contributed by atoms with Gasteiger partial charge in [0.05, 0.1) is 26.9 Å². The van der Waals surface area contributed by atoms with E-state index in [0.717, 1.165) is 24.2 Å². The van der Waals surface area contributed by atoms with E-state index in [-0.39, 0.29) is 12.5 Å². The maximum Gasteiger partial charge on any atom is 0.338 e. The molecule has 10 heteroatoms. The van der Waals surface area contributed by atoms with E-state index in [9.17, 15) is 14.3 Å². The molecule has 2 aromatic heterocycles. The summed E-state index contributed by atoms with van der Waals surface area (Å²) in [7, 11) is 0. The van der Waals surface area contributed by atoms with Gasteiger partial charge >= 0.3 is 5.97 Å². The highest BCUT2D eigenvalue weighted by Crippen LogP contribution is 2.46. The second-order valence-electron chi connectivity index (χ2n) is 8.97. The first-order valence-electron chi connectivity index (χ1n) is 11.7. The summed E-state index contributed by atoms with van der Waals surface area (Å²) in [5.74, 6) is 0.0122. The van der Waals surface area contributed by atoms with Gasteiger partial charge < -0.3 is 19.1 Å². The molecule has 0 radical (unpaired) electrons. The van der Waals surface area contributed by atoms with Gasteiger partial charge in [0, 0.05) is 17.5 Å². The molecule has 2 aliphatic rings. The normalized spacial score (nSPS) is 14.4. The SMILES string of the molecule is O=C(O)c1cc2c(cc1F)CCc1nc(OCc3c(-c4c(Cl)cccc4Cl)noc3C3CC3)ccc1O2. The maximum atomic E-state index is 14.2. The molecule has 0 atom stereocenters. The van der Waals surface area contributed by atoms with Crippen LogP contribution in [-0.2, 0) is 19.4 Å². The number of benzene rings is 2. The minimum atomic E-state index is -1.35. The van der Waals surface area contributed by atoms with Gasteiger partial charge in [-0.2, -0.15) is 0 Å². The molecule has 6 rings (SSSR count). The molecule has 0 spiro atoms. The van der Waals surface area contributed by atoms with Crippen molar-refractivity contribution in [2.24, 2.45) is 0 Å². The van der Waals surface area contributed by atoms with Gasteiger partial charge in [0.1, 0.15) is 35.4 Å². The highest BCUT2D eigenvalue weighted by atomic mass is 35.5. The molecule has 188 valence electrons.